The van der Waals surface area contributed by atoms with Gasteiger partial charge in [0, 0.05) is 12.0 Å². The Morgan fingerprint density at radius 3 is 2.50 bits per heavy atom. The van der Waals surface area contributed by atoms with Crippen LogP contribution in [0.4, 0.5) is 13.2 Å². The molecule has 0 bridgehead atoms. The van der Waals surface area contributed by atoms with Crippen molar-refractivity contribution in [1.29, 1.82) is 0 Å². The van der Waals surface area contributed by atoms with Gasteiger partial charge in [-0.2, -0.15) is 18.2 Å². The third-order valence-electron chi connectivity index (χ3n) is 4.86. The number of hydrogen-bond acceptors (Lipinski definition) is 2. The Balaban J connectivity index is 2.17. The van der Waals surface area contributed by atoms with Crippen molar-refractivity contribution in [1.82, 2.24) is 10.4 Å². The number of halogens is 3. The number of aryl methyl sites for hydroxylation is 1. The van der Waals surface area contributed by atoms with Crippen molar-refractivity contribution in [2.24, 2.45) is 0 Å². The molecule has 140 valence electrons. The molecule has 0 radical (unpaired) electrons. The first-order chi connectivity index (χ1) is 12.1. The summed E-state index contributed by atoms with van der Waals surface area (Å²) in [7, 11) is 0. The number of amides is 1. The van der Waals surface area contributed by atoms with Crippen molar-refractivity contribution in [2.45, 2.75) is 57.8 Å². The Hall–Kier alpha value is -2.08. The van der Waals surface area contributed by atoms with Crippen LogP contribution in [0.15, 0.2) is 36.4 Å². The average molecular weight is 364 g/mol. The number of fused-ring (bicyclic) bond motifs is 1. The molecule has 1 aliphatic rings. The number of nitrogens with zero attached hydrogens (tertiary/aromatic N) is 1. The summed E-state index contributed by atoms with van der Waals surface area (Å²) in [5.41, 5.74) is 2.56. The minimum atomic E-state index is -4.51. The molecule has 1 aliphatic heterocycles. The fraction of sp³-hybridized carbons (Fsp3) is 0.450. The minimum absolute atomic E-state index is 0.0367. The zero-order valence-corrected chi connectivity index (χ0v) is 15.2. The highest BCUT2D eigenvalue weighted by Gasteiger charge is 2.53. The highest BCUT2D eigenvalue weighted by atomic mass is 19.4. The lowest BCUT2D eigenvalue weighted by Gasteiger charge is -2.38. The molecule has 0 aliphatic carbocycles. The lowest BCUT2D eigenvalue weighted by molar-refractivity contribution is -0.203. The fourth-order valence-electron chi connectivity index (χ4n) is 3.75. The Morgan fingerprint density at radius 1 is 1.23 bits per heavy atom. The number of rotatable bonds is 4. The summed E-state index contributed by atoms with van der Waals surface area (Å²) >= 11 is 0. The quantitative estimate of drug-likeness (QED) is 0.836. The van der Waals surface area contributed by atoms with Crippen molar-refractivity contribution in [3.05, 3.63) is 47.5 Å². The smallest absolute Gasteiger partial charge is 0.287 e. The maximum absolute atomic E-state index is 14.1. The highest BCUT2D eigenvalue weighted by molar-refractivity contribution is 5.86. The van der Waals surface area contributed by atoms with Crippen LogP contribution < -0.4 is 5.43 Å². The molecular formula is C20H23F3N2O. The van der Waals surface area contributed by atoms with Crippen molar-refractivity contribution in [3.63, 3.8) is 0 Å². The van der Waals surface area contributed by atoms with Gasteiger partial charge in [0.05, 0.1) is 0 Å². The van der Waals surface area contributed by atoms with E-state index in [4.69, 9.17) is 0 Å². The van der Waals surface area contributed by atoms with E-state index < -0.39 is 17.8 Å². The van der Waals surface area contributed by atoms with Crippen molar-refractivity contribution >= 4 is 16.7 Å². The standard InChI is InChI=1S/C20H23F3N2O/c1-4-7-13-10-15(11-14-8-5-6-9-16(13)14)18(20(21,22)23)25-19(2,3)12-17(26)24-25/h5-6,8-11,18H,4,7,12H2,1-3H3,(H,24,26). The zero-order valence-electron chi connectivity index (χ0n) is 15.2. The molecule has 0 saturated carbocycles. The molecule has 3 rings (SSSR count). The molecule has 0 aromatic heterocycles. The summed E-state index contributed by atoms with van der Waals surface area (Å²) < 4.78 is 42.2. The molecule has 1 fully saturated rings. The fourth-order valence-corrected chi connectivity index (χ4v) is 3.75. The Morgan fingerprint density at radius 2 is 1.92 bits per heavy atom. The van der Waals surface area contributed by atoms with Crippen molar-refractivity contribution in [3.8, 4) is 0 Å². The van der Waals surface area contributed by atoms with Gasteiger partial charge in [0.15, 0.2) is 6.04 Å². The molecule has 2 aromatic rings. The molecule has 1 unspecified atom stereocenters. The van der Waals surface area contributed by atoms with Gasteiger partial charge >= 0.3 is 6.18 Å². The predicted octanol–water partition coefficient (Wildman–Crippen LogP) is 4.91. The van der Waals surface area contributed by atoms with Gasteiger partial charge in [-0.1, -0.05) is 43.7 Å². The molecule has 1 heterocycles. The molecule has 0 spiro atoms. The van der Waals surface area contributed by atoms with Crippen LogP contribution in [-0.4, -0.2) is 22.6 Å². The average Bonchev–Trinajstić information content (AvgIpc) is 2.79. The maximum atomic E-state index is 14.1. The number of hydrogen-bond donors (Lipinski definition) is 1. The van der Waals surface area contributed by atoms with Crippen LogP contribution in [0.25, 0.3) is 10.8 Å². The Kier molecular flexibility index (Phi) is 4.73. The number of hydrazine groups is 1. The van der Waals surface area contributed by atoms with Gasteiger partial charge in [0.2, 0.25) is 5.91 Å². The third-order valence-corrected chi connectivity index (χ3v) is 4.86. The van der Waals surface area contributed by atoms with Gasteiger partial charge < -0.3 is 0 Å². The Labute approximate surface area is 151 Å². The maximum Gasteiger partial charge on any atom is 0.409 e. The normalized spacial score (nSPS) is 18.9. The lowest BCUT2D eigenvalue weighted by Crippen LogP contribution is -2.51. The number of carbonyl (C=O) groups is 1. The number of nitrogens with one attached hydrogen (secondary N) is 1. The lowest BCUT2D eigenvalue weighted by atomic mass is 9.92. The molecule has 1 N–H and O–H groups in total. The summed E-state index contributed by atoms with van der Waals surface area (Å²) in [6.45, 7) is 5.31. The van der Waals surface area contributed by atoms with E-state index in [9.17, 15) is 18.0 Å². The summed E-state index contributed by atoms with van der Waals surface area (Å²) in [5.74, 6) is -0.390. The van der Waals surface area contributed by atoms with Crippen LogP contribution in [0, 0.1) is 0 Å². The van der Waals surface area contributed by atoms with Gasteiger partial charge in [-0.3, -0.25) is 10.2 Å². The van der Waals surface area contributed by atoms with Gasteiger partial charge in [-0.15, -0.1) is 0 Å². The van der Waals surface area contributed by atoms with Crippen LogP contribution >= 0.6 is 0 Å². The molecule has 1 atom stereocenters. The first kappa shape index (κ1) is 18.7. The molecule has 2 aromatic carbocycles. The van der Waals surface area contributed by atoms with Crippen LogP contribution in [0.3, 0.4) is 0 Å². The van der Waals surface area contributed by atoms with E-state index >= 15 is 0 Å². The summed E-state index contributed by atoms with van der Waals surface area (Å²) in [6, 6.07) is 8.84. The van der Waals surface area contributed by atoms with E-state index in [1.807, 2.05) is 31.2 Å². The highest BCUT2D eigenvalue weighted by Crippen LogP contribution is 2.43. The summed E-state index contributed by atoms with van der Waals surface area (Å²) in [6.07, 6.45) is -2.93. The minimum Gasteiger partial charge on any atom is -0.287 e. The van der Waals surface area contributed by atoms with E-state index in [1.165, 1.54) is 0 Å². The van der Waals surface area contributed by atoms with E-state index in [1.54, 1.807) is 26.0 Å². The van der Waals surface area contributed by atoms with Crippen molar-refractivity contribution < 1.29 is 18.0 Å². The molecule has 1 saturated heterocycles. The molecule has 3 nitrogen and oxygen atoms in total. The Bertz CT molecular complexity index is 829. The second-order valence-corrected chi connectivity index (χ2v) is 7.49. The third kappa shape index (κ3) is 3.43. The first-order valence-electron chi connectivity index (χ1n) is 8.80. The number of alkyl halides is 3. The monoisotopic (exact) mass is 364 g/mol. The van der Waals surface area contributed by atoms with E-state index in [0.29, 0.717) is 6.42 Å². The van der Waals surface area contributed by atoms with Crippen LogP contribution in [-0.2, 0) is 11.2 Å². The van der Waals surface area contributed by atoms with Gasteiger partial charge in [-0.25, -0.2) is 0 Å². The molecule has 1 amide bonds. The second-order valence-electron chi connectivity index (χ2n) is 7.49. The topological polar surface area (TPSA) is 32.3 Å². The predicted molar refractivity (Wildman–Crippen MR) is 95.4 cm³/mol. The van der Waals surface area contributed by atoms with Crippen LogP contribution in [0.5, 0.6) is 0 Å². The van der Waals surface area contributed by atoms with E-state index in [0.717, 1.165) is 27.8 Å². The van der Waals surface area contributed by atoms with Crippen LogP contribution in [0.1, 0.15) is 50.8 Å². The van der Waals surface area contributed by atoms with Gasteiger partial charge in [0.25, 0.3) is 0 Å². The molecular weight excluding hydrogens is 341 g/mol. The first-order valence-corrected chi connectivity index (χ1v) is 8.80. The molecule has 26 heavy (non-hydrogen) atoms. The summed E-state index contributed by atoms with van der Waals surface area (Å²) in [4.78, 5) is 11.8. The van der Waals surface area contributed by atoms with E-state index in [-0.39, 0.29) is 17.9 Å². The second kappa shape index (κ2) is 6.58. The van der Waals surface area contributed by atoms with Crippen molar-refractivity contribution in [2.75, 3.05) is 0 Å². The SMILES string of the molecule is CCCc1cc(C(N2NC(=O)CC2(C)C)C(F)(F)F)cc2ccccc12. The van der Waals surface area contributed by atoms with E-state index in [2.05, 4.69) is 5.43 Å². The molecule has 6 heteroatoms. The summed E-state index contributed by atoms with van der Waals surface area (Å²) in [5, 5.41) is 2.82. The zero-order chi connectivity index (χ0) is 19.1. The van der Waals surface area contributed by atoms with Crippen LogP contribution in [0.2, 0.25) is 0 Å². The largest absolute Gasteiger partial charge is 0.409 e. The van der Waals surface area contributed by atoms with Gasteiger partial charge in [-0.05, 0) is 48.2 Å². The number of benzene rings is 2. The van der Waals surface area contributed by atoms with Gasteiger partial charge in [0.1, 0.15) is 0 Å². The number of carbonyl (C=O) groups excluding carboxylic acids is 1.